The number of hydrogen-bond donors (Lipinski definition) is 2. The van der Waals surface area contributed by atoms with Crippen LogP contribution >= 0.6 is 0 Å². The van der Waals surface area contributed by atoms with Gasteiger partial charge in [0.15, 0.2) is 5.96 Å². The largest absolute Gasteiger partial charge is 0.508 e. The van der Waals surface area contributed by atoms with E-state index in [2.05, 4.69) is 10.2 Å². The topological polar surface area (TPSA) is 47.9 Å². The SMILES string of the molecule is Oc1cccc(CN=C(Nc2ccccc2)N2CCCCC2)c1. The van der Waals surface area contributed by atoms with E-state index in [0.29, 0.717) is 6.54 Å². The van der Waals surface area contributed by atoms with Crippen LogP contribution < -0.4 is 5.32 Å². The summed E-state index contributed by atoms with van der Waals surface area (Å²) in [5.41, 5.74) is 2.06. The number of para-hydroxylation sites is 1. The van der Waals surface area contributed by atoms with Gasteiger partial charge < -0.3 is 15.3 Å². The Kier molecular flexibility index (Phi) is 5.14. The molecule has 2 N–H and O–H groups in total. The number of aromatic hydroxyl groups is 1. The highest BCUT2D eigenvalue weighted by atomic mass is 16.3. The Labute approximate surface area is 137 Å². The van der Waals surface area contributed by atoms with Gasteiger partial charge in [0.05, 0.1) is 6.54 Å². The second kappa shape index (κ2) is 7.68. The molecule has 0 atom stereocenters. The van der Waals surface area contributed by atoms with E-state index in [0.717, 1.165) is 30.3 Å². The van der Waals surface area contributed by atoms with Crippen molar-refractivity contribution in [3.63, 3.8) is 0 Å². The van der Waals surface area contributed by atoms with Gasteiger partial charge in [0.2, 0.25) is 0 Å². The van der Waals surface area contributed by atoms with E-state index in [-0.39, 0.29) is 5.75 Å². The standard InChI is InChI=1S/C19H23N3O/c23-18-11-7-8-16(14-18)15-20-19(22-12-5-2-6-13-22)21-17-9-3-1-4-10-17/h1,3-4,7-11,14,23H,2,5-6,12-13,15H2,(H,20,21). The predicted octanol–water partition coefficient (Wildman–Crippen LogP) is 3.85. The maximum absolute atomic E-state index is 9.59. The molecule has 0 saturated carbocycles. The Morgan fingerprint density at radius 1 is 1.00 bits per heavy atom. The first kappa shape index (κ1) is 15.4. The van der Waals surface area contributed by atoms with Gasteiger partial charge in [-0.3, -0.25) is 0 Å². The second-order valence-corrected chi connectivity index (χ2v) is 5.85. The molecule has 23 heavy (non-hydrogen) atoms. The molecule has 1 aliphatic heterocycles. The van der Waals surface area contributed by atoms with Gasteiger partial charge in [0, 0.05) is 18.8 Å². The number of likely N-dealkylation sites (tertiary alicyclic amines) is 1. The highest BCUT2D eigenvalue weighted by Gasteiger charge is 2.15. The molecule has 2 aromatic carbocycles. The minimum absolute atomic E-state index is 0.285. The van der Waals surface area contributed by atoms with Crippen LogP contribution in [-0.2, 0) is 6.54 Å². The van der Waals surface area contributed by atoms with Crippen molar-refractivity contribution in [1.82, 2.24) is 4.90 Å². The summed E-state index contributed by atoms with van der Waals surface area (Å²) in [5.74, 6) is 1.20. The number of hydrogen-bond acceptors (Lipinski definition) is 2. The first-order valence-corrected chi connectivity index (χ1v) is 8.21. The van der Waals surface area contributed by atoms with E-state index in [1.807, 2.05) is 42.5 Å². The Balaban J connectivity index is 1.77. The van der Waals surface area contributed by atoms with Crippen LogP contribution in [0.2, 0.25) is 0 Å². The molecule has 1 heterocycles. The maximum atomic E-state index is 9.59. The molecule has 0 amide bonds. The summed E-state index contributed by atoms with van der Waals surface area (Å²) in [6, 6.07) is 17.4. The molecule has 0 bridgehead atoms. The number of nitrogens with one attached hydrogen (secondary N) is 1. The molecule has 1 aliphatic rings. The molecule has 1 saturated heterocycles. The van der Waals surface area contributed by atoms with Crippen LogP contribution in [0.4, 0.5) is 5.69 Å². The highest BCUT2D eigenvalue weighted by molar-refractivity contribution is 5.93. The molecule has 0 aliphatic carbocycles. The van der Waals surface area contributed by atoms with Crippen molar-refractivity contribution >= 4 is 11.6 Å². The summed E-state index contributed by atoms with van der Waals surface area (Å²) >= 11 is 0. The van der Waals surface area contributed by atoms with E-state index in [1.165, 1.54) is 19.3 Å². The Morgan fingerprint density at radius 2 is 1.78 bits per heavy atom. The summed E-state index contributed by atoms with van der Waals surface area (Å²) in [6.07, 6.45) is 3.71. The average molecular weight is 309 g/mol. The Bertz CT molecular complexity index is 649. The molecule has 0 unspecified atom stereocenters. The molecule has 120 valence electrons. The number of piperidine rings is 1. The van der Waals surface area contributed by atoms with E-state index in [4.69, 9.17) is 4.99 Å². The second-order valence-electron chi connectivity index (χ2n) is 5.85. The Morgan fingerprint density at radius 3 is 2.52 bits per heavy atom. The lowest BCUT2D eigenvalue weighted by molar-refractivity contribution is 0.340. The minimum Gasteiger partial charge on any atom is -0.508 e. The van der Waals surface area contributed by atoms with E-state index < -0.39 is 0 Å². The fraction of sp³-hybridized carbons (Fsp3) is 0.316. The minimum atomic E-state index is 0.285. The van der Waals surface area contributed by atoms with Crippen LogP contribution in [0.1, 0.15) is 24.8 Å². The third-order valence-electron chi connectivity index (χ3n) is 4.01. The number of anilines is 1. The van der Waals surface area contributed by atoms with Gasteiger partial charge in [-0.25, -0.2) is 4.99 Å². The number of aliphatic imine (C=N–C) groups is 1. The Hall–Kier alpha value is -2.49. The summed E-state index contributed by atoms with van der Waals surface area (Å²) < 4.78 is 0. The van der Waals surface area contributed by atoms with Gasteiger partial charge in [-0.05, 0) is 49.1 Å². The summed E-state index contributed by atoms with van der Waals surface area (Å²) in [7, 11) is 0. The molecule has 2 aromatic rings. The van der Waals surface area contributed by atoms with Crippen molar-refractivity contribution in [3.05, 3.63) is 60.2 Å². The number of benzene rings is 2. The zero-order chi connectivity index (χ0) is 15.9. The first-order valence-electron chi connectivity index (χ1n) is 8.21. The van der Waals surface area contributed by atoms with Gasteiger partial charge in [-0.1, -0.05) is 30.3 Å². The molecule has 0 spiro atoms. The normalized spacial score (nSPS) is 15.5. The van der Waals surface area contributed by atoms with Crippen molar-refractivity contribution in [1.29, 1.82) is 0 Å². The molecule has 4 nitrogen and oxygen atoms in total. The predicted molar refractivity (Wildman–Crippen MR) is 94.7 cm³/mol. The van der Waals surface area contributed by atoms with Crippen molar-refractivity contribution < 1.29 is 5.11 Å². The van der Waals surface area contributed by atoms with Crippen LogP contribution in [0, 0.1) is 0 Å². The average Bonchev–Trinajstić information content (AvgIpc) is 2.60. The van der Waals surface area contributed by atoms with Crippen molar-refractivity contribution in [2.75, 3.05) is 18.4 Å². The van der Waals surface area contributed by atoms with Crippen LogP contribution in [-0.4, -0.2) is 29.1 Å². The summed E-state index contributed by atoms with van der Waals surface area (Å²) in [6.45, 7) is 2.64. The lowest BCUT2D eigenvalue weighted by Crippen LogP contribution is -2.40. The molecule has 4 heteroatoms. The molecular weight excluding hydrogens is 286 g/mol. The number of phenolic OH excluding ortho intramolecular Hbond substituents is 1. The van der Waals surface area contributed by atoms with E-state index in [9.17, 15) is 5.11 Å². The monoisotopic (exact) mass is 309 g/mol. The molecule has 0 radical (unpaired) electrons. The quantitative estimate of drug-likeness (QED) is 0.669. The molecule has 0 aromatic heterocycles. The van der Waals surface area contributed by atoms with Gasteiger partial charge in [0.25, 0.3) is 0 Å². The molecule has 3 rings (SSSR count). The van der Waals surface area contributed by atoms with Crippen molar-refractivity contribution in [2.24, 2.45) is 4.99 Å². The number of phenols is 1. The van der Waals surface area contributed by atoms with Crippen LogP contribution in [0.25, 0.3) is 0 Å². The fourth-order valence-electron chi connectivity index (χ4n) is 2.80. The zero-order valence-corrected chi connectivity index (χ0v) is 13.3. The van der Waals surface area contributed by atoms with Gasteiger partial charge in [-0.15, -0.1) is 0 Å². The number of guanidine groups is 1. The number of nitrogens with zero attached hydrogens (tertiary/aromatic N) is 2. The van der Waals surface area contributed by atoms with Crippen molar-refractivity contribution in [3.8, 4) is 5.75 Å². The maximum Gasteiger partial charge on any atom is 0.198 e. The van der Waals surface area contributed by atoms with Gasteiger partial charge >= 0.3 is 0 Å². The van der Waals surface area contributed by atoms with Gasteiger partial charge in [0.1, 0.15) is 5.75 Å². The number of rotatable bonds is 3. The fourth-order valence-corrected chi connectivity index (χ4v) is 2.80. The molecular formula is C19H23N3O. The third-order valence-corrected chi connectivity index (χ3v) is 4.01. The third kappa shape index (κ3) is 4.49. The summed E-state index contributed by atoms with van der Waals surface area (Å²) in [4.78, 5) is 7.09. The highest BCUT2D eigenvalue weighted by Crippen LogP contribution is 2.15. The van der Waals surface area contributed by atoms with Gasteiger partial charge in [-0.2, -0.15) is 0 Å². The summed E-state index contributed by atoms with van der Waals surface area (Å²) in [5, 5.41) is 13.0. The van der Waals surface area contributed by atoms with Crippen molar-refractivity contribution in [2.45, 2.75) is 25.8 Å². The van der Waals surface area contributed by atoms with Crippen LogP contribution in [0.15, 0.2) is 59.6 Å². The van der Waals surface area contributed by atoms with E-state index in [1.54, 1.807) is 12.1 Å². The van der Waals surface area contributed by atoms with E-state index >= 15 is 0 Å². The first-order chi connectivity index (χ1) is 11.3. The smallest absolute Gasteiger partial charge is 0.198 e. The molecule has 1 fully saturated rings. The lowest BCUT2D eigenvalue weighted by atomic mass is 10.1. The van der Waals surface area contributed by atoms with Crippen LogP contribution in [0.3, 0.4) is 0 Å². The van der Waals surface area contributed by atoms with Crippen LogP contribution in [0.5, 0.6) is 5.75 Å². The zero-order valence-electron chi connectivity index (χ0n) is 13.3. The lowest BCUT2D eigenvalue weighted by Gasteiger charge is -2.30.